The smallest absolute Gasteiger partial charge is 0.315 e. The second-order valence-electron chi connectivity index (χ2n) is 5.75. The number of urea groups is 1. The van der Waals surface area contributed by atoms with Crippen molar-refractivity contribution in [2.75, 3.05) is 6.61 Å². The lowest BCUT2D eigenvalue weighted by molar-refractivity contribution is 0.198. The van der Waals surface area contributed by atoms with Crippen molar-refractivity contribution in [3.63, 3.8) is 0 Å². The fourth-order valence-electron chi connectivity index (χ4n) is 1.96. The topological polar surface area (TPSA) is 100 Å². The predicted molar refractivity (Wildman–Crippen MR) is 85.5 cm³/mol. The van der Waals surface area contributed by atoms with Gasteiger partial charge in [-0.05, 0) is 31.9 Å². The molecule has 8 heteroatoms. The fourth-order valence-corrected chi connectivity index (χ4v) is 1.96. The van der Waals surface area contributed by atoms with Crippen molar-refractivity contribution in [2.24, 2.45) is 5.92 Å². The first-order valence-corrected chi connectivity index (χ1v) is 7.68. The van der Waals surface area contributed by atoms with Gasteiger partial charge in [0.1, 0.15) is 11.9 Å². The van der Waals surface area contributed by atoms with E-state index in [1.165, 1.54) is 12.1 Å². The molecule has 0 bridgehead atoms. The van der Waals surface area contributed by atoms with Crippen LogP contribution in [0.4, 0.5) is 9.18 Å². The van der Waals surface area contributed by atoms with Crippen LogP contribution in [0, 0.1) is 11.7 Å². The number of carbonyl (C=O) groups excluding carboxylic acids is 1. The summed E-state index contributed by atoms with van der Waals surface area (Å²) >= 11 is 0. The minimum Gasteiger partial charge on any atom is -0.396 e. The van der Waals surface area contributed by atoms with Gasteiger partial charge >= 0.3 is 6.03 Å². The van der Waals surface area contributed by atoms with E-state index in [4.69, 9.17) is 9.63 Å². The van der Waals surface area contributed by atoms with E-state index in [0.717, 1.165) is 0 Å². The predicted octanol–water partition coefficient (Wildman–Crippen LogP) is 2.25. The maximum Gasteiger partial charge on any atom is 0.315 e. The van der Waals surface area contributed by atoms with Crippen molar-refractivity contribution in [3.8, 4) is 11.4 Å². The Bertz CT molecular complexity index is 691. The molecular weight excluding hydrogens is 315 g/mol. The Balaban J connectivity index is 1.98. The molecule has 3 atom stereocenters. The Labute approximate surface area is 139 Å². The second-order valence-corrected chi connectivity index (χ2v) is 5.75. The summed E-state index contributed by atoms with van der Waals surface area (Å²) in [6, 6.07) is 4.75. The number of amides is 2. The van der Waals surface area contributed by atoms with Crippen LogP contribution in [-0.4, -0.2) is 33.9 Å². The van der Waals surface area contributed by atoms with Crippen LogP contribution in [0.5, 0.6) is 0 Å². The summed E-state index contributed by atoms with van der Waals surface area (Å²) in [7, 11) is 0. The third-order valence-corrected chi connectivity index (χ3v) is 3.74. The normalized spacial score (nSPS) is 14.7. The lowest BCUT2D eigenvalue weighted by Gasteiger charge is -2.20. The molecule has 0 saturated carbocycles. The minimum absolute atomic E-state index is 0.0162. The zero-order valence-electron chi connectivity index (χ0n) is 13.8. The number of hydrogen-bond acceptors (Lipinski definition) is 5. The molecule has 0 fully saturated rings. The number of hydrogen-bond donors (Lipinski definition) is 3. The number of aromatic nitrogens is 2. The van der Waals surface area contributed by atoms with E-state index in [0.29, 0.717) is 5.56 Å². The summed E-state index contributed by atoms with van der Waals surface area (Å²) in [5.41, 5.74) is 0.493. The Morgan fingerprint density at radius 2 is 2.08 bits per heavy atom. The van der Waals surface area contributed by atoms with Crippen LogP contribution in [0.1, 0.15) is 32.7 Å². The van der Waals surface area contributed by atoms with Gasteiger partial charge in [-0.3, -0.25) is 0 Å². The van der Waals surface area contributed by atoms with Crippen molar-refractivity contribution in [1.29, 1.82) is 0 Å². The van der Waals surface area contributed by atoms with Crippen LogP contribution in [0.2, 0.25) is 0 Å². The van der Waals surface area contributed by atoms with Crippen molar-refractivity contribution >= 4 is 6.03 Å². The zero-order valence-corrected chi connectivity index (χ0v) is 13.8. The number of nitrogens with one attached hydrogen (secondary N) is 2. The van der Waals surface area contributed by atoms with Crippen LogP contribution in [0.15, 0.2) is 28.8 Å². The van der Waals surface area contributed by atoms with Crippen molar-refractivity contribution in [2.45, 2.75) is 32.9 Å². The third kappa shape index (κ3) is 4.51. The van der Waals surface area contributed by atoms with Gasteiger partial charge in [-0.15, -0.1) is 0 Å². The number of benzene rings is 1. The summed E-state index contributed by atoms with van der Waals surface area (Å²) in [6.07, 6.45) is 0. The fraction of sp³-hybridized carbons (Fsp3) is 0.438. The average Bonchev–Trinajstić information content (AvgIpc) is 3.04. The first-order chi connectivity index (χ1) is 11.4. The highest BCUT2D eigenvalue weighted by atomic mass is 19.1. The number of halogens is 1. The zero-order chi connectivity index (χ0) is 17.7. The molecule has 2 rings (SSSR count). The van der Waals surface area contributed by atoms with Gasteiger partial charge in [0.2, 0.25) is 11.7 Å². The van der Waals surface area contributed by atoms with Gasteiger partial charge < -0.3 is 20.3 Å². The Kier molecular flexibility index (Phi) is 5.86. The molecule has 0 aliphatic carbocycles. The van der Waals surface area contributed by atoms with E-state index in [-0.39, 0.29) is 30.3 Å². The maximum absolute atomic E-state index is 13.2. The van der Waals surface area contributed by atoms with Gasteiger partial charge in [-0.2, -0.15) is 4.98 Å². The summed E-state index contributed by atoms with van der Waals surface area (Å²) in [6.45, 7) is 5.32. The maximum atomic E-state index is 13.2. The molecule has 7 nitrogen and oxygen atoms in total. The Hall–Kier alpha value is -2.48. The molecule has 2 amide bonds. The van der Waals surface area contributed by atoms with Crippen LogP contribution in [-0.2, 0) is 0 Å². The first kappa shape index (κ1) is 17.9. The summed E-state index contributed by atoms with van der Waals surface area (Å²) in [4.78, 5) is 16.1. The highest BCUT2D eigenvalue weighted by Crippen LogP contribution is 2.19. The van der Waals surface area contributed by atoms with Gasteiger partial charge in [0.05, 0.1) is 0 Å². The highest BCUT2D eigenvalue weighted by Gasteiger charge is 2.19. The van der Waals surface area contributed by atoms with Gasteiger partial charge in [0.15, 0.2) is 0 Å². The molecule has 3 unspecified atom stereocenters. The molecular formula is C16H21FN4O3. The van der Waals surface area contributed by atoms with Crippen molar-refractivity contribution in [3.05, 3.63) is 36.0 Å². The number of nitrogens with zero attached hydrogens (tertiary/aromatic N) is 2. The van der Waals surface area contributed by atoms with Gasteiger partial charge in [0, 0.05) is 18.2 Å². The van der Waals surface area contributed by atoms with E-state index < -0.39 is 17.9 Å². The van der Waals surface area contributed by atoms with Crippen molar-refractivity contribution < 1.29 is 18.8 Å². The van der Waals surface area contributed by atoms with E-state index in [9.17, 15) is 9.18 Å². The first-order valence-electron chi connectivity index (χ1n) is 7.68. The Morgan fingerprint density at radius 3 is 2.75 bits per heavy atom. The average molecular weight is 336 g/mol. The highest BCUT2D eigenvalue weighted by molar-refractivity contribution is 5.74. The van der Waals surface area contributed by atoms with E-state index in [1.54, 1.807) is 26.0 Å². The standard InChI is InChI=1S/C16H21FN4O3/c1-9(8-22)10(2)18-16(23)19-11(3)15-20-14(21-24-15)12-5-4-6-13(17)7-12/h4-7,9-11,22H,8H2,1-3H3,(H2,18,19,23). The van der Waals surface area contributed by atoms with Crippen molar-refractivity contribution in [1.82, 2.24) is 20.8 Å². The number of aliphatic hydroxyl groups is 1. The van der Waals surface area contributed by atoms with Gasteiger partial charge in [-0.1, -0.05) is 24.2 Å². The molecule has 0 saturated heterocycles. The number of rotatable bonds is 6. The summed E-state index contributed by atoms with van der Waals surface area (Å²) in [5.74, 6) is 0.0125. The molecule has 24 heavy (non-hydrogen) atoms. The molecule has 1 aromatic heterocycles. The van der Waals surface area contributed by atoms with Gasteiger partial charge in [0.25, 0.3) is 0 Å². The molecule has 0 radical (unpaired) electrons. The lowest BCUT2D eigenvalue weighted by atomic mass is 10.1. The molecule has 1 aromatic carbocycles. The second kappa shape index (κ2) is 7.87. The minimum atomic E-state index is -0.517. The van der Waals surface area contributed by atoms with Crippen LogP contribution < -0.4 is 10.6 Å². The molecule has 130 valence electrons. The van der Waals surface area contributed by atoms with E-state index in [1.807, 2.05) is 6.92 Å². The lowest BCUT2D eigenvalue weighted by Crippen LogP contribution is -2.45. The van der Waals surface area contributed by atoms with E-state index >= 15 is 0 Å². The monoisotopic (exact) mass is 336 g/mol. The summed E-state index contributed by atoms with van der Waals surface area (Å²) < 4.78 is 18.4. The van der Waals surface area contributed by atoms with Crippen LogP contribution in [0.25, 0.3) is 11.4 Å². The molecule has 3 N–H and O–H groups in total. The molecule has 0 aliphatic rings. The molecule has 2 aromatic rings. The van der Waals surface area contributed by atoms with Crippen LogP contribution >= 0.6 is 0 Å². The van der Waals surface area contributed by atoms with Gasteiger partial charge in [-0.25, -0.2) is 9.18 Å². The number of aliphatic hydroxyl groups excluding tert-OH is 1. The third-order valence-electron chi connectivity index (χ3n) is 3.74. The Morgan fingerprint density at radius 1 is 1.33 bits per heavy atom. The molecule has 0 spiro atoms. The molecule has 0 aliphatic heterocycles. The SMILES string of the molecule is CC(NC(=O)NC(C)C(C)CO)c1nc(-c2cccc(F)c2)no1. The number of carbonyl (C=O) groups is 1. The molecule has 1 heterocycles. The largest absolute Gasteiger partial charge is 0.396 e. The summed E-state index contributed by atoms with van der Waals surface area (Å²) in [5, 5.41) is 18.3. The van der Waals surface area contributed by atoms with Crippen LogP contribution in [0.3, 0.4) is 0 Å². The van der Waals surface area contributed by atoms with E-state index in [2.05, 4.69) is 20.8 Å². The quantitative estimate of drug-likeness (QED) is 0.751.